The third kappa shape index (κ3) is 5.13. The Balaban J connectivity index is 1.77. The lowest BCUT2D eigenvalue weighted by Gasteiger charge is -2.17. The molecule has 0 unspecified atom stereocenters. The number of phenols is 1. The summed E-state index contributed by atoms with van der Waals surface area (Å²) in [7, 11) is -2.12. The van der Waals surface area contributed by atoms with E-state index < -0.39 is 10.0 Å². The maximum absolute atomic E-state index is 12.8. The van der Waals surface area contributed by atoms with Crippen LogP contribution in [0.4, 0.5) is 11.4 Å². The fraction of sp³-hybridized carbons (Fsp3) is 0.100. The van der Waals surface area contributed by atoms with Crippen molar-refractivity contribution in [2.45, 2.75) is 11.4 Å². The van der Waals surface area contributed by atoms with Gasteiger partial charge in [0.15, 0.2) is 5.75 Å². The van der Waals surface area contributed by atoms with Crippen molar-refractivity contribution in [2.75, 3.05) is 7.05 Å². The van der Waals surface area contributed by atoms with Crippen LogP contribution in [0, 0.1) is 0 Å². The normalized spacial score (nSPS) is 12.0. The summed E-state index contributed by atoms with van der Waals surface area (Å²) in [5.74, 6) is -0.235. The minimum absolute atomic E-state index is 0.0642. The van der Waals surface area contributed by atoms with E-state index in [2.05, 4.69) is 10.2 Å². The van der Waals surface area contributed by atoms with E-state index in [1.54, 1.807) is 0 Å². The molecule has 3 aromatic rings. The summed E-state index contributed by atoms with van der Waals surface area (Å²) in [5.41, 5.74) is 1.41. The van der Waals surface area contributed by atoms with Crippen LogP contribution in [0.25, 0.3) is 0 Å². The Morgan fingerprint density at radius 1 is 0.966 bits per heavy atom. The van der Waals surface area contributed by atoms with Crippen molar-refractivity contribution in [1.29, 1.82) is 0 Å². The predicted molar refractivity (Wildman–Crippen MR) is 114 cm³/mol. The Morgan fingerprint density at radius 3 is 2.28 bits per heavy atom. The van der Waals surface area contributed by atoms with Gasteiger partial charge in [-0.15, -0.1) is 5.11 Å². The van der Waals surface area contributed by atoms with Gasteiger partial charge >= 0.3 is 0 Å². The van der Waals surface area contributed by atoms with E-state index in [1.807, 2.05) is 30.3 Å². The van der Waals surface area contributed by atoms with Gasteiger partial charge in [-0.1, -0.05) is 53.5 Å². The van der Waals surface area contributed by atoms with Crippen molar-refractivity contribution < 1.29 is 13.5 Å². The van der Waals surface area contributed by atoms with E-state index in [0.29, 0.717) is 10.7 Å². The van der Waals surface area contributed by atoms with Crippen LogP contribution >= 0.6 is 23.2 Å². The molecule has 0 heterocycles. The van der Waals surface area contributed by atoms with E-state index in [4.69, 9.17) is 23.2 Å². The molecule has 0 spiro atoms. The fourth-order valence-corrected chi connectivity index (χ4v) is 4.17. The molecule has 0 bridgehead atoms. The highest BCUT2D eigenvalue weighted by atomic mass is 35.5. The number of sulfonamides is 1. The summed E-state index contributed by atoms with van der Waals surface area (Å²) in [6.45, 7) is 0.263. The first kappa shape index (κ1) is 21.3. The first-order chi connectivity index (χ1) is 13.8. The summed E-state index contributed by atoms with van der Waals surface area (Å²) in [4.78, 5) is 0.142. The van der Waals surface area contributed by atoms with Crippen molar-refractivity contribution in [2.24, 2.45) is 10.2 Å². The molecule has 0 aliphatic carbocycles. The molecule has 9 heteroatoms. The van der Waals surface area contributed by atoms with Gasteiger partial charge in [-0.25, -0.2) is 8.42 Å². The van der Waals surface area contributed by atoms with Crippen LogP contribution in [0.5, 0.6) is 5.75 Å². The number of hydrogen-bond acceptors (Lipinski definition) is 5. The van der Waals surface area contributed by atoms with Crippen LogP contribution in [0.3, 0.4) is 0 Å². The quantitative estimate of drug-likeness (QED) is 0.472. The van der Waals surface area contributed by atoms with Crippen LogP contribution < -0.4 is 0 Å². The molecule has 29 heavy (non-hydrogen) atoms. The molecule has 0 aliphatic heterocycles. The number of benzene rings is 3. The Labute approximate surface area is 179 Å². The lowest BCUT2D eigenvalue weighted by atomic mass is 10.2. The van der Waals surface area contributed by atoms with E-state index >= 15 is 0 Å². The molecular weight excluding hydrogens is 433 g/mol. The van der Waals surface area contributed by atoms with Crippen LogP contribution in [0.15, 0.2) is 81.9 Å². The zero-order chi connectivity index (χ0) is 21.0. The molecule has 6 nitrogen and oxygen atoms in total. The summed E-state index contributed by atoms with van der Waals surface area (Å²) in [5, 5.41) is 18.2. The van der Waals surface area contributed by atoms with Gasteiger partial charge in [0.1, 0.15) is 5.69 Å². The average Bonchev–Trinajstić information content (AvgIpc) is 2.70. The van der Waals surface area contributed by atoms with Crippen LogP contribution in [0.1, 0.15) is 5.56 Å². The van der Waals surface area contributed by atoms with Gasteiger partial charge < -0.3 is 5.11 Å². The first-order valence-electron chi connectivity index (χ1n) is 8.47. The standard InChI is InChI=1S/C20H17Cl2N3O3S/c1-25(13-14-5-3-2-4-6-14)29(27,28)17-9-7-16(8-10-17)23-24-19-12-15(21)11-18(22)20(19)26/h2-12,26H,13H2,1H3. The average molecular weight is 450 g/mol. The van der Waals surface area contributed by atoms with Crippen molar-refractivity contribution in [3.8, 4) is 5.75 Å². The Kier molecular flexibility index (Phi) is 6.54. The van der Waals surface area contributed by atoms with Gasteiger partial charge in [0.2, 0.25) is 10.0 Å². The van der Waals surface area contributed by atoms with Crippen LogP contribution in [-0.4, -0.2) is 24.9 Å². The highest BCUT2D eigenvalue weighted by Gasteiger charge is 2.20. The van der Waals surface area contributed by atoms with Gasteiger partial charge in [0.25, 0.3) is 0 Å². The number of halogens is 2. The maximum atomic E-state index is 12.8. The molecular formula is C20H17Cl2N3O3S. The summed E-state index contributed by atoms with van der Waals surface area (Å²) in [6, 6.07) is 18.1. The van der Waals surface area contributed by atoms with Gasteiger partial charge in [-0.3, -0.25) is 0 Å². The second kappa shape index (κ2) is 8.92. The lowest BCUT2D eigenvalue weighted by molar-refractivity contribution is 0.467. The maximum Gasteiger partial charge on any atom is 0.243 e. The number of nitrogens with zero attached hydrogens (tertiary/aromatic N) is 3. The van der Waals surface area contributed by atoms with Crippen molar-refractivity contribution in [1.82, 2.24) is 4.31 Å². The topological polar surface area (TPSA) is 82.3 Å². The highest BCUT2D eigenvalue weighted by molar-refractivity contribution is 7.89. The Hall–Kier alpha value is -2.45. The molecule has 3 aromatic carbocycles. The van der Waals surface area contributed by atoms with E-state index in [9.17, 15) is 13.5 Å². The molecule has 1 N–H and O–H groups in total. The summed E-state index contributed by atoms with van der Waals surface area (Å²) < 4.78 is 26.8. The SMILES string of the molecule is CN(Cc1ccccc1)S(=O)(=O)c1ccc(N=Nc2cc(Cl)cc(Cl)c2O)cc1. The lowest BCUT2D eigenvalue weighted by Crippen LogP contribution is -2.26. The van der Waals surface area contributed by atoms with Crippen molar-refractivity contribution in [3.63, 3.8) is 0 Å². The Morgan fingerprint density at radius 2 is 1.62 bits per heavy atom. The highest BCUT2D eigenvalue weighted by Crippen LogP contribution is 2.37. The predicted octanol–water partition coefficient (Wildman–Crippen LogP) is 5.94. The minimum atomic E-state index is -3.65. The third-order valence-electron chi connectivity index (χ3n) is 4.07. The molecule has 0 atom stereocenters. The van der Waals surface area contributed by atoms with Crippen molar-refractivity contribution >= 4 is 44.6 Å². The molecule has 0 fully saturated rings. The van der Waals surface area contributed by atoms with Crippen molar-refractivity contribution in [3.05, 3.63) is 82.3 Å². The molecule has 0 saturated heterocycles. The first-order valence-corrected chi connectivity index (χ1v) is 10.7. The smallest absolute Gasteiger partial charge is 0.243 e. The zero-order valence-corrected chi connectivity index (χ0v) is 17.7. The fourth-order valence-electron chi connectivity index (χ4n) is 2.53. The van der Waals surface area contributed by atoms with E-state index in [1.165, 1.54) is 47.8 Å². The molecule has 0 aliphatic rings. The number of aromatic hydroxyl groups is 1. The largest absolute Gasteiger partial charge is 0.504 e. The summed E-state index contributed by atoms with van der Waals surface area (Å²) in [6.07, 6.45) is 0. The second-order valence-electron chi connectivity index (χ2n) is 6.20. The van der Waals surface area contributed by atoms with Crippen LogP contribution in [-0.2, 0) is 16.6 Å². The number of azo groups is 1. The van der Waals surface area contributed by atoms with E-state index in [-0.39, 0.29) is 27.9 Å². The minimum Gasteiger partial charge on any atom is -0.504 e. The molecule has 3 rings (SSSR count). The van der Waals surface area contributed by atoms with Crippen LogP contribution in [0.2, 0.25) is 10.0 Å². The molecule has 0 amide bonds. The molecule has 0 radical (unpaired) electrons. The van der Waals surface area contributed by atoms with E-state index in [0.717, 1.165) is 5.56 Å². The van der Waals surface area contributed by atoms with Gasteiger partial charge in [0.05, 0.1) is 15.6 Å². The van der Waals surface area contributed by atoms with Gasteiger partial charge in [0, 0.05) is 18.6 Å². The molecule has 0 aromatic heterocycles. The third-order valence-corrected chi connectivity index (χ3v) is 6.40. The second-order valence-corrected chi connectivity index (χ2v) is 9.08. The zero-order valence-electron chi connectivity index (χ0n) is 15.3. The van der Waals surface area contributed by atoms with Gasteiger partial charge in [-0.2, -0.15) is 9.42 Å². The molecule has 0 saturated carbocycles. The summed E-state index contributed by atoms with van der Waals surface area (Å²) >= 11 is 11.7. The number of hydrogen-bond donors (Lipinski definition) is 1. The van der Waals surface area contributed by atoms with Gasteiger partial charge in [-0.05, 0) is 42.0 Å². The Bertz CT molecular complexity index is 1140. The number of phenolic OH excluding ortho intramolecular Hbond substituents is 1. The number of rotatable bonds is 6. The molecule has 150 valence electrons. The monoisotopic (exact) mass is 449 g/mol.